The number of thioether (sulfide) groups is 1. The molecule has 1 aliphatic rings. The summed E-state index contributed by atoms with van der Waals surface area (Å²) < 4.78 is 1.44. The molecule has 0 fully saturated rings. The summed E-state index contributed by atoms with van der Waals surface area (Å²) >= 11 is 7.68. The van der Waals surface area contributed by atoms with Crippen LogP contribution < -0.4 is 5.32 Å². The SMILES string of the molecule is CC(=O)N[C@@H]1C(=O)n2c(nnc2-c2ccccc2Cl)S[C@@H]1c1ccccc1. The summed E-state index contributed by atoms with van der Waals surface area (Å²) in [6.07, 6.45) is 0. The van der Waals surface area contributed by atoms with E-state index >= 15 is 0 Å². The van der Waals surface area contributed by atoms with Gasteiger partial charge in [-0.3, -0.25) is 9.59 Å². The Morgan fingerprint density at radius 1 is 1.11 bits per heavy atom. The average Bonchev–Trinajstić information content (AvgIpc) is 3.09. The van der Waals surface area contributed by atoms with Crippen molar-refractivity contribution < 1.29 is 9.59 Å². The van der Waals surface area contributed by atoms with Crippen LogP contribution in [0, 0.1) is 0 Å². The number of hydrogen-bond donors (Lipinski definition) is 1. The van der Waals surface area contributed by atoms with Crippen molar-refractivity contribution in [3.8, 4) is 11.4 Å². The fourth-order valence-electron chi connectivity index (χ4n) is 3.07. The van der Waals surface area contributed by atoms with Crippen LogP contribution in [-0.2, 0) is 4.79 Å². The quantitative estimate of drug-likeness (QED) is 0.729. The van der Waals surface area contributed by atoms with Gasteiger partial charge in [0.1, 0.15) is 6.04 Å². The Morgan fingerprint density at radius 2 is 1.81 bits per heavy atom. The van der Waals surface area contributed by atoms with Gasteiger partial charge < -0.3 is 5.32 Å². The van der Waals surface area contributed by atoms with E-state index in [9.17, 15) is 9.59 Å². The summed E-state index contributed by atoms with van der Waals surface area (Å²) in [5, 5.41) is 11.8. The molecule has 1 aliphatic heterocycles. The van der Waals surface area contributed by atoms with E-state index in [2.05, 4.69) is 15.5 Å². The number of rotatable bonds is 3. The maximum Gasteiger partial charge on any atom is 0.258 e. The normalized spacial score (nSPS) is 18.8. The van der Waals surface area contributed by atoms with Gasteiger partial charge in [-0.05, 0) is 17.7 Å². The minimum absolute atomic E-state index is 0.273. The van der Waals surface area contributed by atoms with Crippen LogP contribution in [0.3, 0.4) is 0 Å². The zero-order chi connectivity index (χ0) is 19.0. The number of aromatic nitrogens is 3. The van der Waals surface area contributed by atoms with Gasteiger partial charge in [0.05, 0.1) is 10.3 Å². The van der Waals surface area contributed by atoms with Crippen molar-refractivity contribution in [3.63, 3.8) is 0 Å². The van der Waals surface area contributed by atoms with Crippen LogP contribution in [0.2, 0.25) is 5.02 Å². The highest BCUT2D eigenvalue weighted by molar-refractivity contribution is 7.99. The van der Waals surface area contributed by atoms with E-state index in [0.717, 1.165) is 5.56 Å². The van der Waals surface area contributed by atoms with Crippen molar-refractivity contribution in [2.45, 2.75) is 23.4 Å². The van der Waals surface area contributed by atoms with E-state index in [1.807, 2.05) is 36.4 Å². The molecule has 0 unspecified atom stereocenters. The summed E-state index contributed by atoms with van der Waals surface area (Å²) in [5.74, 6) is -0.187. The van der Waals surface area contributed by atoms with Gasteiger partial charge in [0.25, 0.3) is 5.91 Å². The van der Waals surface area contributed by atoms with Crippen LogP contribution in [0.25, 0.3) is 11.4 Å². The van der Waals surface area contributed by atoms with E-state index in [-0.39, 0.29) is 17.1 Å². The molecule has 2 atom stereocenters. The van der Waals surface area contributed by atoms with Gasteiger partial charge in [0, 0.05) is 12.5 Å². The van der Waals surface area contributed by atoms with Crippen LogP contribution >= 0.6 is 23.4 Å². The monoisotopic (exact) mass is 398 g/mol. The van der Waals surface area contributed by atoms with Crippen molar-refractivity contribution in [2.75, 3.05) is 0 Å². The molecular formula is C19H15ClN4O2S. The highest BCUT2D eigenvalue weighted by Crippen LogP contribution is 2.43. The largest absolute Gasteiger partial charge is 0.343 e. The highest BCUT2D eigenvalue weighted by Gasteiger charge is 2.40. The van der Waals surface area contributed by atoms with Crippen LogP contribution in [0.1, 0.15) is 22.5 Å². The van der Waals surface area contributed by atoms with Crippen LogP contribution in [-0.4, -0.2) is 32.6 Å². The third-order valence-electron chi connectivity index (χ3n) is 4.26. The Morgan fingerprint density at radius 3 is 2.52 bits per heavy atom. The molecular weight excluding hydrogens is 384 g/mol. The topological polar surface area (TPSA) is 76.9 Å². The first-order valence-electron chi connectivity index (χ1n) is 8.29. The van der Waals surface area contributed by atoms with Gasteiger partial charge in [0.15, 0.2) is 11.0 Å². The van der Waals surface area contributed by atoms with Crippen LogP contribution in [0.15, 0.2) is 59.8 Å². The average molecular weight is 399 g/mol. The summed E-state index contributed by atoms with van der Waals surface area (Å²) in [5.41, 5.74) is 1.55. The first-order valence-corrected chi connectivity index (χ1v) is 9.55. The third-order valence-corrected chi connectivity index (χ3v) is 5.86. The summed E-state index contributed by atoms with van der Waals surface area (Å²) in [6, 6.07) is 16.0. The van der Waals surface area contributed by atoms with Crippen molar-refractivity contribution in [3.05, 3.63) is 65.2 Å². The van der Waals surface area contributed by atoms with Crippen molar-refractivity contribution >= 4 is 35.2 Å². The Bertz CT molecular complexity index is 1020. The minimum Gasteiger partial charge on any atom is -0.343 e. The number of amides is 1. The lowest BCUT2D eigenvalue weighted by Crippen LogP contribution is -2.48. The minimum atomic E-state index is -0.736. The molecule has 0 radical (unpaired) electrons. The fraction of sp³-hybridized carbons (Fsp3) is 0.158. The van der Waals surface area contributed by atoms with Gasteiger partial charge in [-0.15, -0.1) is 10.2 Å². The van der Waals surface area contributed by atoms with E-state index < -0.39 is 6.04 Å². The number of carbonyl (C=O) groups excluding carboxylic acids is 2. The molecule has 0 saturated carbocycles. The standard InChI is InChI=1S/C19H15ClN4O2S/c1-11(25)21-15-16(12-7-3-2-4-8-12)27-19-23-22-17(24(19)18(15)26)13-9-5-6-10-14(13)20/h2-10,15-16H,1H3,(H,21,25)/t15-,16+/m0/s1. The molecule has 1 amide bonds. The maximum absolute atomic E-state index is 13.3. The zero-order valence-electron chi connectivity index (χ0n) is 14.3. The molecule has 8 heteroatoms. The van der Waals surface area contributed by atoms with Gasteiger partial charge >= 0.3 is 0 Å². The number of halogens is 1. The van der Waals surface area contributed by atoms with E-state index in [0.29, 0.717) is 21.6 Å². The molecule has 2 heterocycles. The van der Waals surface area contributed by atoms with Crippen molar-refractivity contribution in [1.82, 2.24) is 20.1 Å². The lowest BCUT2D eigenvalue weighted by Gasteiger charge is -2.31. The molecule has 2 aromatic carbocycles. The Kier molecular flexibility index (Phi) is 4.72. The lowest BCUT2D eigenvalue weighted by molar-refractivity contribution is -0.119. The first-order chi connectivity index (χ1) is 13.1. The van der Waals surface area contributed by atoms with Crippen molar-refractivity contribution in [1.29, 1.82) is 0 Å². The summed E-state index contributed by atoms with van der Waals surface area (Å²) in [6.45, 7) is 1.40. The summed E-state index contributed by atoms with van der Waals surface area (Å²) in [7, 11) is 0. The Labute approximate surface area is 164 Å². The number of benzene rings is 2. The molecule has 27 heavy (non-hydrogen) atoms. The number of fused-ring (bicyclic) bond motifs is 1. The van der Waals surface area contributed by atoms with Gasteiger partial charge in [-0.1, -0.05) is 65.8 Å². The number of hydrogen-bond acceptors (Lipinski definition) is 5. The predicted molar refractivity (Wildman–Crippen MR) is 104 cm³/mol. The second kappa shape index (κ2) is 7.17. The van der Waals surface area contributed by atoms with Gasteiger partial charge in [-0.2, -0.15) is 0 Å². The van der Waals surface area contributed by atoms with Gasteiger partial charge in [-0.25, -0.2) is 4.57 Å². The second-order valence-electron chi connectivity index (χ2n) is 6.09. The number of carbonyl (C=O) groups is 2. The van der Waals surface area contributed by atoms with E-state index in [4.69, 9.17) is 11.6 Å². The molecule has 0 spiro atoms. The zero-order valence-corrected chi connectivity index (χ0v) is 15.9. The Balaban J connectivity index is 1.83. The Hall–Kier alpha value is -2.64. The predicted octanol–water partition coefficient (Wildman–Crippen LogP) is 3.59. The number of nitrogens with one attached hydrogen (secondary N) is 1. The fourth-order valence-corrected chi connectivity index (χ4v) is 4.50. The van der Waals surface area contributed by atoms with E-state index in [1.54, 1.807) is 18.2 Å². The van der Waals surface area contributed by atoms with Crippen LogP contribution in [0.4, 0.5) is 0 Å². The maximum atomic E-state index is 13.3. The molecule has 3 aromatic rings. The van der Waals surface area contributed by atoms with Gasteiger partial charge in [0.2, 0.25) is 5.91 Å². The molecule has 1 aromatic heterocycles. The van der Waals surface area contributed by atoms with E-state index in [1.165, 1.54) is 23.3 Å². The lowest BCUT2D eigenvalue weighted by atomic mass is 10.0. The molecule has 4 rings (SSSR count). The number of nitrogens with zero attached hydrogens (tertiary/aromatic N) is 3. The first kappa shape index (κ1) is 17.8. The molecule has 0 bridgehead atoms. The highest BCUT2D eigenvalue weighted by atomic mass is 35.5. The van der Waals surface area contributed by atoms with Crippen molar-refractivity contribution in [2.24, 2.45) is 0 Å². The molecule has 0 saturated heterocycles. The molecule has 136 valence electrons. The smallest absolute Gasteiger partial charge is 0.258 e. The third kappa shape index (κ3) is 3.24. The molecule has 1 N–H and O–H groups in total. The van der Waals surface area contributed by atoms with Crippen LogP contribution in [0.5, 0.6) is 0 Å². The molecule has 0 aliphatic carbocycles. The molecule has 6 nitrogen and oxygen atoms in total. The second-order valence-corrected chi connectivity index (χ2v) is 7.60. The summed E-state index contributed by atoms with van der Waals surface area (Å²) in [4.78, 5) is 25.1.